The first-order valence-electron chi connectivity index (χ1n) is 8.19. The second kappa shape index (κ2) is 8.27. The third kappa shape index (κ3) is 4.19. The summed E-state index contributed by atoms with van der Waals surface area (Å²) in [6, 6.07) is 6.94. The molecular weight excluding hydrogens is 402 g/mol. The minimum Gasteiger partial charge on any atom is -0.465 e. The Morgan fingerprint density at radius 2 is 1.88 bits per heavy atom. The number of carbonyl (C=O) groups is 2. The molecule has 0 saturated carbocycles. The molecule has 136 valence electrons. The second-order valence-corrected chi connectivity index (χ2v) is 6.77. The number of hydrogen-bond donors (Lipinski definition) is 0. The molecule has 1 amide bonds. The van der Waals surface area contributed by atoms with Gasteiger partial charge in [0.15, 0.2) is 0 Å². The van der Waals surface area contributed by atoms with Crippen LogP contribution in [0.4, 0.5) is 0 Å². The fourth-order valence-corrected chi connectivity index (χ4v) is 3.06. The summed E-state index contributed by atoms with van der Waals surface area (Å²) < 4.78 is 11.3. The van der Waals surface area contributed by atoms with Crippen molar-refractivity contribution in [2.24, 2.45) is 0 Å². The van der Waals surface area contributed by atoms with Gasteiger partial charge in [0.1, 0.15) is 6.10 Å². The lowest BCUT2D eigenvalue weighted by Gasteiger charge is -2.32. The molecule has 1 unspecified atom stereocenters. The van der Waals surface area contributed by atoms with E-state index in [-0.39, 0.29) is 23.6 Å². The first-order chi connectivity index (χ1) is 12.6. The van der Waals surface area contributed by atoms with Crippen LogP contribution in [0, 0.1) is 0 Å². The number of ether oxygens (including phenoxy) is 2. The van der Waals surface area contributed by atoms with Crippen LogP contribution in [0.15, 0.2) is 41.1 Å². The van der Waals surface area contributed by atoms with Gasteiger partial charge >= 0.3 is 12.0 Å². The lowest BCUT2D eigenvalue weighted by molar-refractivity contribution is 0.0502. The molecule has 7 nitrogen and oxygen atoms in total. The highest BCUT2D eigenvalue weighted by Gasteiger charge is 2.28. The zero-order chi connectivity index (χ0) is 18.5. The van der Waals surface area contributed by atoms with Crippen molar-refractivity contribution in [1.82, 2.24) is 14.9 Å². The summed E-state index contributed by atoms with van der Waals surface area (Å²) in [6.45, 7) is 1.02. The minimum absolute atomic E-state index is 0.195. The van der Waals surface area contributed by atoms with E-state index in [0.29, 0.717) is 18.7 Å². The third-order valence-electron chi connectivity index (χ3n) is 4.10. The monoisotopic (exact) mass is 419 g/mol. The predicted octanol–water partition coefficient (Wildman–Crippen LogP) is 2.71. The van der Waals surface area contributed by atoms with Gasteiger partial charge in [0.2, 0.25) is 0 Å². The van der Waals surface area contributed by atoms with Gasteiger partial charge in [0.25, 0.3) is 5.91 Å². The maximum absolute atomic E-state index is 12.9. The number of methoxy groups -OCH3 is 1. The number of hydrogen-bond acceptors (Lipinski definition) is 6. The number of nitrogens with zero attached hydrogens (tertiary/aromatic N) is 3. The summed E-state index contributed by atoms with van der Waals surface area (Å²) in [6.07, 6.45) is 4.63. The van der Waals surface area contributed by atoms with Gasteiger partial charge in [-0.25, -0.2) is 14.8 Å². The lowest BCUT2D eigenvalue weighted by Crippen LogP contribution is -2.44. The highest BCUT2D eigenvalue weighted by Crippen LogP contribution is 2.20. The van der Waals surface area contributed by atoms with Crippen LogP contribution in [0.2, 0.25) is 0 Å². The molecule has 0 spiro atoms. The second-order valence-electron chi connectivity index (χ2n) is 5.85. The summed E-state index contributed by atoms with van der Waals surface area (Å²) in [5, 5.41) is 0. The quantitative estimate of drug-likeness (QED) is 0.708. The van der Waals surface area contributed by atoms with Crippen LogP contribution in [0.3, 0.4) is 0 Å². The molecule has 0 N–H and O–H groups in total. The van der Waals surface area contributed by atoms with Crippen molar-refractivity contribution >= 4 is 27.8 Å². The Kier molecular flexibility index (Phi) is 5.82. The lowest BCUT2D eigenvalue weighted by atomic mass is 10.0. The van der Waals surface area contributed by atoms with Crippen molar-refractivity contribution < 1.29 is 19.1 Å². The Morgan fingerprint density at radius 1 is 1.19 bits per heavy atom. The molecule has 1 aliphatic heterocycles. The molecule has 1 saturated heterocycles. The number of likely N-dealkylation sites (tertiary alicyclic amines) is 1. The molecule has 1 aromatic heterocycles. The molecule has 8 heteroatoms. The molecule has 1 atom stereocenters. The Bertz CT molecular complexity index is 797. The number of piperidine rings is 1. The van der Waals surface area contributed by atoms with Gasteiger partial charge in [0.05, 0.1) is 29.3 Å². The van der Waals surface area contributed by atoms with Crippen LogP contribution in [0.1, 0.15) is 33.6 Å². The van der Waals surface area contributed by atoms with Gasteiger partial charge < -0.3 is 14.4 Å². The largest absolute Gasteiger partial charge is 0.465 e. The van der Waals surface area contributed by atoms with Gasteiger partial charge in [-0.3, -0.25) is 4.79 Å². The smallest absolute Gasteiger partial charge is 0.338 e. The van der Waals surface area contributed by atoms with Crippen LogP contribution in [0.5, 0.6) is 6.01 Å². The number of carbonyl (C=O) groups excluding carboxylic acids is 2. The van der Waals surface area contributed by atoms with Crippen molar-refractivity contribution in [3.8, 4) is 6.01 Å². The molecule has 0 aliphatic carbocycles. The van der Waals surface area contributed by atoms with Crippen LogP contribution < -0.4 is 4.74 Å². The minimum atomic E-state index is -0.526. The molecule has 0 bridgehead atoms. The van der Waals surface area contributed by atoms with Crippen LogP contribution in [-0.4, -0.2) is 53.0 Å². The number of halogens is 1. The van der Waals surface area contributed by atoms with E-state index in [9.17, 15) is 9.59 Å². The molecular formula is C18H18BrN3O4. The molecule has 3 rings (SSSR count). The maximum Gasteiger partial charge on any atom is 0.338 e. The summed E-state index contributed by atoms with van der Waals surface area (Å²) >= 11 is 3.28. The van der Waals surface area contributed by atoms with Gasteiger partial charge in [-0.1, -0.05) is 12.1 Å². The molecule has 1 fully saturated rings. The summed E-state index contributed by atoms with van der Waals surface area (Å²) in [5.41, 5.74) is 0.596. The van der Waals surface area contributed by atoms with E-state index < -0.39 is 5.97 Å². The normalized spacial score (nSPS) is 16.8. The maximum atomic E-state index is 12.9. The zero-order valence-electron chi connectivity index (χ0n) is 14.2. The van der Waals surface area contributed by atoms with E-state index in [1.54, 1.807) is 41.6 Å². The van der Waals surface area contributed by atoms with Gasteiger partial charge in [-0.05, 0) is 40.9 Å². The molecule has 1 aromatic carbocycles. The Labute approximate surface area is 159 Å². The average Bonchev–Trinajstić information content (AvgIpc) is 2.69. The number of esters is 1. The Hall–Kier alpha value is -2.48. The zero-order valence-corrected chi connectivity index (χ0v) is 15.8. The summed E-state index contributed by atoms with van der Waals surface area (Å²) in [7, 11) is 1.30. The van der Waals surface area contributed by atoms with Crippen molar-refractivity contribution in [3.05, 3.63) is 52.3 Å². The Balaban J connectivity index is 1.72. The van der Waals surface area contributed by atoms with E-state index in [4.69, 9.17) is 9.47 Å². The fraction of sp³-hybridized carbons (Fsp3) is 0.333. The average molecular weight is 420 g/mol. The fourth-order valence-electron chi connectivity index (χ4n) is 2.86. The highest BCUT2D eigenvalue weighted by atomic mass is 79.9. The molecule has 26 heavy (non-hydrogen) atoms. The molecule has 1 aliphatic rings. The van der Waals surface area contributed by atoms with Gasteiger partial charge in [-0.2, -0.15) is 0 Å². The molecule has 0 radical (unpaired) electrons. The number of aromatic nitrogens is 2. The number of amides is 1. The van der Waals surface area contributed by atoms with Crippen LogP contribution >= 0.6 is 15.9 Å². The van der Waals surface area contributed by atoms with Crippen molar-refractivity contribution in [2.75, 3.05) is 20.2 Å². The van der Waals surface area contributed by atoms with Gasteiger partial charge in [0, 0.05) is 18.9 Å². The van der Waals surface area contributed by atoms with E-state index >= 15 is 0 Å². The number of rotatable bonds is 4. The standard InChI is InChI=1S/C18H18BrN3O4/c1-25-17(24)15-7-3-2-6-14(15)16(23)22-8-4-5-13(11-22)26-18-20-9-12(19)10-21-18/h2-3,6-7,9-10,13H,4-5,8,11H2,1H3. The third-order valence-corrected chi connectivity index (χ3v) is 4.51. The number of benzene rings is 1. The van der Waals surface area contributed by atoms with E-state index in [2.05, 4.69) is 25.9 Å². The SMILES string of the molecule is COC(=O)c1ccccc1C(=O)N1CCCC(Oc2ncc(Br)cn2)C1. The predicted molar refractivity (Wildman–Crippen MR) is 97.1 cm³/mol. The highest BCUT2D eigenvalue weighted by molar-refractivity contribution is 9.10. The van der Waals surface area contributed by atoms with Crippen LogP contribution in [0.25, 0.3) is 0 Å². The topological polar surface area (TPSA) is 81.6 Å². The van der Waals surface area contributed by atoms with Crippen molar-refractivity contribution in [2.45, 2.75) is 18.9 Å². The van der Waals surface area contributed by atoms with Gasteiger partial charge in [-0.15, -0.1) is 0 Å². The van der Waals surface area contributed by atoms with E-state index in [1.807, 2.05) is 0 Å². The van der Waals surface area contributed by atoms with Crippen LogP contribution in [-0.2, 0) is 4.74 Å². The van der Waals surface area contributed by atoms with Crippen molar-refractivity contribution in [3.63, 3.8) is 0 Å². The molecule has 2 heterocycles. The van der Waals surface area contributed by atoms with Crippen molar-refractivity contribution in [1.29, 1.82) is 0 Å². The van der Waals surface area contributed by atoms with E-state index in [0.717, 1.165) is 17.3 Å². The first-order valence-corrected chi connectivity index (χ1v) is 8.98. The molecule has 2 aromatic rings. The first kappa shape index (κ1) is 18.3. The Morgan fingerprint density at radius 3 is 2.58 bits per heavy atom. The summed E-state index contributed by atoms with van der Waals surface area (Å²) in [4.78, 5) is 34.7. The van der Waals surface area contributed by atoms with E-state index in [1.165, 1.54) is 7.11 Å². The summed E-state index contributed by atoms with van der Waals surface area (Å²) in [5.74, 6) is -0.738.